The number of hydrogen-bond donors (Lipinski definition) is 0. The number of piperidine rings is 1. The fourth-order valence-electron chi connectivity index (χ4n) is 3.09. The van der Waals surface area contributed by atoms with Crippen molar-refractivity contribution in [2.75, 3.05) is 6.54 Å². The van der Waals surface area contributed by atoms with Crippen molar-refractivity contribution in [2.24, 2.45) is 7.05 Å². The molecule has 1 aliphatic rings. The second kappa shape index (κ2) is 5.97. The first-order chi connectivity index (χ1) is 10.2. The number of aryl methyl sites for hydroxylation is 2. The van der Waals surface area contributed by atoms with E-state index < -0.39 is 0 Å². The van der Waals surface area contributed by atoms with Crippen molar-refractivity contribution in [1.82, 2.24) is 24.9 Å². The van der Waals surface area contributed by atoms with E-state index in [2.05, 4.69) is 33.2 Å². The summed E-state index contributed by atoms with van der Waals surface area (Å²) in [5, 5.41) is 12.6. The predicted octanol–water partition coefficient (Wildman–Crippen LogP) is 2.13. The topological polar surface area (TPSA) is 60.0 Å². The fraction of sp³-hybridized carbons (Fsp3) is 0.667. The van der Waals surface area contributed by atoms with Gasteiger partial charge in [0.2, 0.25) is 11.8 Å². The van der Waals surface area contributed by atoms with Crippen LogP contribution in [0.4, 0.5) is 0 Å². The van der Waals surface area contributed by atoms with Crippen LogP contribution in [0.1, 0.15) is 50.1 Å². The lowest BCUT2D eigenvalue weighted by molar-refractivity contribution is 0.116. The van der Waals surface area contributed by atoms with Gasteiger partial charge in [-0.2, -0.15) is 5.10 Å². The molecule has 2 atom stereocenters. The van der Waals surface area contributed by atoms with Gasteiger partial charge in [-0.25, -0.2) is 0 Å². The maximum atomic E-state index is 5.78. The molecule has 0 bridgehead atoms. The number of aromatic nitrogens is 4. The molecule has 1 fully saturated rings. The Kier molecular flexibility index (Phi) is 4.05. The molecular weight excluding hydrogens is 266 g/mol. The zero-order valence-electron chi connectivity index (χ0n) is 13.0. The van der Waals surface area contributed by atoms with Crippen LogP contribution in [0.15, 0.2) is 16.7 Å². The Morgan fingerprint density at radius 1 is 1.38 bits per heavy atom. The third-order valence-corrected chi connectivity index (χ3v) is 4.51. The summed E-state index contributed by atoms with van der Waals surface area (Å²) >= 11 is 0. The van der Waals surface area contributed by atoms with Crippen molar-refractivity contribution in [3.63, 3.8) is 0 Å². The molecule has 2 aromatic heterocycles. The van der Waals surface area contributed by atoms with E-state index in [0.29, 0.717) is 12.0 Å². The van der Waals surface area contributed by atoms with E-state index >= 15 is 0 Å². The first-order valence-electron chi connectivity index (χ1n) is 7.72. The highest BCUT2D eigenvalue weighted by molar-refractivity contribution is 5.04. The molecule has 3 heterocycles. The molecule has 2 aromatic rings. The summed E-state index contributed by atoms with van der Waals surface area (Å²) in [7, 11) is 1.99. The highest BCUT2D eigenvalue weighted by Crippen LogP contribution is 2.32. The van der Waals surface area contributed by atoms with Crippen LogP contribution in [0.5, 0.6) is 0 Å². The molecule has 114 valence electrons. The Labute approximate surface area is 125 Å². The quantitative estimate of drug-likeness (QED) is 0.863. The van der Waals surface area contributed by atoms with Crippen LogP contribution in [-0.4, -0.2) is 37.5 Å². The second-order valence-electron chi connectivity index (χ2n) is 5.79. The minimum atomic E-state index is 0.333. The van der Waals surface area contributed by atoms with E-state index in [1.807, 2.05) is 24.9 Å². The van der Waals surface area contributed by atoms with E-state index in [1.54, 1.807) is 0 Å². The zero-order chi connectivity index (χ0) is 14.8. The summed E-state index contributed by atoms with van der Waals surface area (Å²) in [5.74, 6) is 1.87. The van der Waals surface area contributed by atoms with Gasteiger partial charge in [-0.3, -0.25) is 9.58 Å². The van der Waals surface area contributed by atoms with Crippen molar-refractivity contribution in [3.05, 3.63) is 29.7 Å². The second-order valence-corrected chi connectivity index (χ2v) is 5.79. The lowest BCUT2D eigenvalue weighted by atomic mass is 9.90. The van der Waals surface area contributed by atoms with Crippen LogP contribution in [0.25, 0.3) is 0 Å². The van der Waals surface area contributed by atoms with E-state index in [9.17, 15) is 0 Å². The molecule has 0 unspecified atom stereocenters. The minimum absolute atomic E-state index is 0.333. The molecule has 0 saturated carbocycles. The van der Waals surface area contributed by atoms with Crippen molar-refractivity contribution in [1.29, 1.82) is 0 Å². The standard InChI is InChI=1S/C15H23N5O/c1-4-14-17-18-15(21-14)13-6-5-9-20(11(13)2)10-12-7-8-16-19(12)3/h7-8,11,13H,4-6,9-10H2,1-3H3/t11-,13-/m0/s1. The predicted molar refractivity (Wildman–Crippen MR) is 78.7 cm³/mol. The van der Waals surface area contributed by atoms with Crippen LogP contribution in [0.2, 0.25) is 0 Å². The first kappa shape index (κ1) is 14.3. The molecule has 0 spiro atoms. The van der Waals surface area contributed by atoms with Gasteiger partial charge >= 0.3 is 0 Å². The molecule has 1 saturated heterocycles. The molecule has 0 N–H and O–H groups in total. The van der Waals surface area contributed by atoms with Crippen LogP contribution in [0, 0.1) is 0 Å². The molecular formula is C15H23N5O. The van der Waals surface area contributed by atoms with E-state index in [4.69, 9.17) is 4.42 Å². The smallest absolute Gasteiger partial charge is 0.221 e. The van der Waals surface area contributed by atoms with Crippen LogP contribution >= 0.6 is 0 Å². The van der Waals surface area contributed by atoms with Crippen molar-refractivity contribution in [2.45, 2.75) is 51.6 Å². The van der Waals surface area contributed by atoms with Crippen molar-refractivity contribution >= 4 is 0 Å². The van der Waals surface area contributed by atoms with Crippen molar-refractivity contribution < 1.29 is 4.42 Å². The van der Waals surface area contributed by atoms with Gasteiger partial charge < -0.3 is 4.42 Å². The minimum Gasteiger partial charge on any atom is -0.425 e. The first-order valence-corrected chi connectivity index (χ1v) is 7.72. The Bertz CT molecular complexity index is 590. The average molecular weight is 289 g/mol. The maximum Gasteiger partial charge on any atom is 0.221 e. The van der Waals surface area contributed by atoms with Crippen molar-refractivity contribution in [3.8, 4) is 0 Å². The molecule has 0 aromatic carbocycles. The Balaban J connectivity index is 1.74. The van der Waals surface area contributed by atoms with E-state index in [-0.39, 0.29) is 0 Å². The lowest BCUT2D eigenvalue weighted by Gasteiger charge is -2.37. The van der Waals surface area contributed by atoms with Gasteiger partial charge in [0.15, 0.2) is 0 Å². The van der Waals surface area contributed by atoms with Gasteiger partial charge in [0.1, 0.15) is 0 Å². The van der Waals surface area contributed by atoms with Gasteiger partial charge in [0.05, 0.1) is 11.6 Å². The third-order valence-electron chi connectivity index (χ3n) is 4.51. The van der Waals surface area contributed by atoms with Crippen LogP contribution in [-0.2, 0) is 20.0 Å². The summed E-state index contributed by atoms with van der Waals surface area (Å²) < 4.78 is 7.73. The number of rotatable bonds is 4. The molecule has 3 rings (SSSR count). The number of nitrogens with zero attached hydrogens (tertiary/aromatic N) is 5. The zero-order valence-corrected chi connectivity index (χ0v) is 13.0. The molecule has 0 radical (unpaired) electrons. The average Bonchev–Trinajstić information content (AvgIpc) is 3.11. The molecule has 6 nitrogen and oxygen atoms in total. The highest BCUT2D eigenvalue weighted by Gasteiger charge is 2.32. The molecule has 1 aliphatic heterocycles. The number of hydrogen-bond acceptors (Lipinski definition) is 5. The summed E-state index contributed by atoms with van der Waals surface area (Å²) in [6, 6.07) is 2.48. The highest BCUT2D eigenvalue weighted by atomic mass is 16.4. The van der Waals surface area contributed by atoms with Gasteiger partial charge in [0, 0.05) is 32.3 Å². The third kappa shape index (κ3) is 2.85. The van der Waals surface area contributed by atoms with E-state index in [1.165, 1.54) is 5.69 Å². The summed E-state index contributed by atoms with van der Waals surface area (Å²) in [6.45, 7) is 6.33. The lowest BCUT2D eigenvalue weighted by Crippen LogP contribution is -2.42. The van der Waals surface area contributed by atoms with Crippen LogP contribution in [0.3, 0.4) is 0 Å². The van der Waals surface area contributed by atoms with Gasteiger partial charge in [-0.1, -0.05) is 6.92 Å². The maximum absolute atomic E-state index is 5.78. The summed E-state index contributed by atoms with van der Waals surface area (Å²) in [6.07, 6.45) is 4.94. The molecule has 6 heteroatoms. The molecule has 0 amide bonds. The van der Waals surface area contributed by atoms with Gasteiger partial charge in [-0.05, 0) is 32.4 Å². The molecule has 0 aliphatic carbocycles. The largest absolute Gasteiger partial charge is 0.425 e. The van der Waals surface area contributed by atoms with E-state index in [0.717, 1.165) is 44.1 Å². The molecule has 21 heavy (non-hydrogen) atoms. The van der Waals surface area contributed by atoms with Gasteiger partial charge in [-0.15, -0.1) is 10.2 Å². The Morgan fingerprint density at radius 3 is 2.90 bits per heavy atom. The fourth-order valence-corrected chi connectivity index (χ4v) is 3.09. The Hall–Kier alpha value is -1.69. The normalized spacial score (nSPS) is 23.6. The summed E-state index contributed by atoms with van der Waals surface area (Å²) in [5.41, 5.74) is 1.24. The SMILES string of the molecule is CCc1nnc([C@H]2CCCN(Cc3ccnn3C)[C@H]2C)o1. The van der Waals surface area contributed by atoms with Crippen LogP contribution < -0.4 is 0 Å². The Morgan fingerprint density at radius 2 is 2.24 bits per heavy atom. The van der Waals surface area contributed by atoms with Gasteiger partial charge in [0.25, 0.3) is 0 Å². The number of likely N-dealkylation sites (tertiary alicyclic amines) is 1. The summed E-state index contributed by atoms with van der Waals surface area (Å²) in [4.78, 5) is 2.49. The monoisotopic (exact) mass is 289 g/mol.